The Morgan fingerprint density at radius 1 is 1.23 bits per heavy atom. The second-order valence-corrected chi connectivity index (χ2v) is 5.79. The van der Waals surface area contributed by atoms with Crippen LogP contribution < -0.4 is 20.1 Å². The van der Waals surface area contributed by atoms with Gasteiger partial charge in [-0.2, -0.15) is 0 Å². The summed E-state index contributed by atoms with van der Waals surface area (Å²) in [5.74, 6) is 2.23. The molecule has 2 N–H and O–H groups in total. The van der Waals surface area contributed by atoms with Crippen molar-refractivity contribution < 1.29 is 9.47 Å². The molecule has 26 heavy (non-hydrogen) atoms. The molecule has 0 spiro atoms. The van der Waals surface area contributed by atoms with Gasteiger partial charge in [0.15, 0.2) is 5.96 Å². The monoisotopic (exact) mass is 490 g/mol. The lowest BCUT2D eigenvalue weighted by atomic mass is 10.3. The summed E-state index contributed by atoms with van der Waals surface area (Å²) in [7, 11) is 3.36. The molecule has 0 aliphatic carbocycles. The van der Waals surface area contributed by atoms with Gasteiger partial charge in [0.05, 0.1) is 13.7 Å². The van der Waals surface area contributed by atoms with Gasteiger partial charge in [0, 0.05) is 25.9 Å². The van der Waals surface area contributed by atoms with Crippen LogP contribution in [0.1, 0.15) is 12.5 Å². The highest BCUT2D eigenvalue weighted by atomic mass is 127. The number of halogens is 2. The van der Waals surface area contributed by atoms with Crippen molar-refractivity contribution in [3.05, 3.63) is 53.3 Å². The summed E-state index contributed by atoms with van der Waals surface area (Å²) in [5.41, 5.74) is 1.02. The molecule has 0 saturated heterocycles. The fraction of sp³-hybridized carbons (Fsp3) is 0.333. The highest BCUT2D eigenvalue weighted by molar-refractivity contribution is 14.0. The number of hydrogen-bond acceptors (Lipinski definition) is 4. The average Bonchev–Trinajstić information content (AvgIpc) is 2.63. The van der Waals surface area contributed by atoms with Gasteiger partial charge < -0.3 is 20.1 Å². The Bertz CT molecular complexity index is 698. The molecular formula is C18H24ClIN4O2. The zero-order valence-corrected chi connectivity index (χ0v) is 18.1. The SMILES string of the molecule is CN=C(NCc1ccc(Cl)nc1)NCC(C)Oc1cccc(OC)c1.I. The van der Waals surface area contributed by atoms with Gasteiger partial charge in [-0.1, -0.05) is 23.7 Å². The maximum Gasteiger partial charge on any atom is 0.191 e. The van der Waals surface area contributed by atoms with Crippen molar-refractivity contribution in [1.29, 1.82) is 0 Å². The van der Waals surface area contributed by atoms with E-state index in [0.29, 0.717) is 24.2 Å². The minimum Gasteiger partial charge on any atom is -0.497 e. The zero-order valence-electron chi connectivity index (χ0n) is 15.0. The van der Waals surface area contributed by atoms with E-state index >= 15 is 0 Å². The summed E-state index contributed by atoms with van der Waals surface area (Å²) in [6.07, 6.45) is 1.69. The minimum absolute atomic E-state index is 0. The summed E-state index contributed by atoms with van der Waals surface area (Å²) in [6, 6.07) is 11.2. The summed E-state index contributed by atoms with van der Waals surface area (Å²) in [4.78, 5) is 8.25. The highest BCUT2D eigenvalue weighted by Gasteiger charge is 2.07. The number of aliphatic imine (C=N–C) groups is 1. The van der Waals surface area contributed by atoms with E-state index in [1.54, 1.807) is 26.4 Å². The molecule has 8 heteroatoms. The number of aromatic nitrogens is 1. The third-order valence-corrected chi connectivity index (χ3v) is 3.63. The fourth-order valence-electron chi connectivity index (χ4n) is 2.11. The van der Waals surface area contributed by atoms with Crippen molar-refractivity contribution in [2.75, 3.05) is 20.7 Å². The quantitative estimate of drug-likeness (QED) is 0.269. The number of guanidine groups is 1. The Hall–Kier alpha value is -1.74. The predicted molar refractivity (Wildman–Crippen MR) is 116 cm³/mol. The highest BCUT2D eigenvalue weighted by Crippen LogP contribution is 2.19. The van der Waals surface area contributed by atoms with E-state index in [2.05, 4.69) is 20.6 Å². The van der Waals surface area contributed by atoms with Crippen LogP contribution >= 0.6 is 35.6 Å². The molecule has 1 unspecified atom stereocenters. The first-order valence-corrected chi connectivity index (χ1v) is 8.34. The minimum atomic E-state index is -0.0390. The van der Waals surface area contributed by atoms with Gasteiger partial charge in [-0.3, -0.25) is 4.99 Å². The van der Waals surface area contributed by atoms with Crippen LogP contribution in [0.25, 0.3) is 0 Å². The standard InChI is InChI=1S/C18H23ClN4O2.HI/c1-13(25-16-6-4-5-15(9-16)24-3)10-22-18(20-2)23-12-14-7-8-17(19)21-11-14;/h4-9,11,13H,10,12H2,1-3H3,(H2,20,22,23);1H. The van der Waals surface area contributed by atoms with E-state index in [1.165, 1.54) is 0 Å². The van der Waals surface area contributed by atoms with Gasteiger partial charge in [0.1, 0.15) is 22.8 Å². The third kappa shape index (κ3) is 7.65. The first kappa shape index (κ1) is 22.3. The number of ether oxygens (including phenoxy) is 2. The molecule has 142 valence electrons. The molecule has 0 saturated carbocycles. The van der Waals surface area contributed by atoms with Crippen LogP contribution in [0, 0.1) is 0 Å². The van der Waals surface area contributed by atoms with Crippen molar-refractivity contribution in [1.82, 2.24) is 15.6 Å². The maximum atomic E-state index is 5.88. The first-order chi connectivity index (χ1) is 12.1. The summed E-state index contributed by atoms with van der Waals surface area (Å²) >= 11 is 5.78. The lowest BCUT2D eigenvalue weighted by Crippen LogP contribution is -2.41. The van der Waals surface area contributed by atoms with Crippen LogP contribution in [0.2, 0.25) is 5.15 Å². The van der Waals surface area contributed by atoms with Crippen molar-refractivity contribution in [2.24, 2.45) is 4.99 Å². The molecule has 2 rings (SSSR count). The molecule has 1 atom stereocenters. The van der Waals surface area contributed by atoms with E-state index in [9.17, 15) is 0 Å². The Labute approximate surface area is 176 Å². The lowest BCUT2D eigenvalue weighted by Gasteiger charge is -2.18. The predicted octanol–water partition coefficient (Wildman–Crippen LogP) is 3.49. The lowest BCUT2D eigenvalue weighted by molar-refractivity contribution is 0.223. The van der Waals surface area contributed by atoms with Gasteiger partial charge in [-0.25, -0.2) is 4.98 Å². The first-order valence-electron chi connectivity index (χ1n) is 7.96. The topological polar surface area (TPSA) is 67.8 Å². The second-order valence-electron chi connectivity index (χ2n) is 5.40. The van der Waals surface area contributed by atoms with E-state index in [-0.39, 0.29) is 30.1 Å². The molecule has 6 nitrogen and oxygen atoms in total. The van der Waals surface area contributed by atoms with Gasteiger partial charge in [0.25, 0.3) is 0 Å². The van der Waals surface area contributed by atoms with Crippen molar-refractivity contribution in [2.45, 2.75) is 19.6 Å². The zero-order chi connectivity index (χ0) is 18.1. The van der Waals surface area contributed by atoms with E-state index in [4.69, 9.17) is 21.1 Å². The van der Waals surface area contributed by atoms with Crippen LogP contribution in [0.4, 0.5) is 0 Å². The fourth-order valence-corrected chi connectivity index (χ4v) is 2.22. The van der Waals surface area contributed by atoms with Crippen LogP contribution in [0.15, 0.2) is 47.6 Å². The largest absolute Gasteiger partial charge is 0.497 e. The molecule has 0 aliphatic rings. The van der Waals surface area contributed by atoms with Gasteiger partial charge in [-0.05, 0) is 30.7 Å². The van der Waals surface area contributed by atoms with E-state index < -0.39 is 0 Å². The van der Waals surface area contributed by atoms with Crippen LogP contribution in [0.5, 0.6) is 11.5 Å². The molecule has 1 aromatic carbocycles. The third-order valence-electron chi connectivity index (χ3n) is 3.41. The molecule has 0 bridgehead atoms. The molecule has 1 heterocycles. The number of methoxy groups -OCH3 is 1. The summed E-state index contributed by atoms with van der Waals surface area (Å²) in [5, 5.41) is 6.94. The molecule has 0 radical (unpaired) electrons. The number of pyridine rings is 1. The van der Waals surface area contributed by atoms with Gasteiger partial charge in [0.2, 0.25) is 0 Å². The van der Waals surface area contributed by atoms with Crippen molar-refractivity contribution in [3.63, 3.8) is 0 Å². The van der Waals surface area contributed by atoms with Crippen molar-refractivity contribution in [3.8, 4) is 11.5 Å². The number of rotatable bonds is 7. The van der Waals surface area contributed by atoms with Crippen LogP contribution in [0.3, 0.4) is 0 Å². The maximum absolute atomic E-state index is 5.88. The smallest absolute Gasteiger partial charge is 0.191 e. The molecule has 2 aromatic rings. The summed E-state index contributed by atoms with van der Waals surface area (Å²) < 4.78 is 11.1. The molecule has 0 fully saturated rings. The number of hydrogen-bond donors (Lipinski definition) is 2. The Kier molecular flexibility index (Phi) is 10.1. The summed E-state index contributed by atoms with van der Waals surface area (Å²) in [6.45, 7) is 3.20. The number of nitrogens with one attached hydrogen (secondary N) is 2. The Balaban J connectivity index is 0.00000338. The number of benzene rings is 1. The van der Waals surface area contributed by atoms with Crippen LogP contribution in [-0.4, -0.2) is 37.7 Å². The molecule has 1 aromatic heterocycles. The Morgan fingerprint density at radius 2 is 2.00 bits per heavy atom. The normalized spacial score (nSPS) is 11.9. The molecule has 0 aliphatic heterocycles. The average molecular weight is 491 g/mol. The van der Waals surface area contributed by atoms with Crippen molar-refractivity contribution >= 4 is 41.5 Å². The molecular weight excluding hydrogens is 467 g/mol. The second kappa shape index (κ2) is 11.8. The Morgan fingerprint density at radius 3 is 2.65 bits per heavy atom. The van der Waals surface area contributed by atoms with E-state index in [1.807, 2.05) is 37.3 Å². The van der Waals surface area contributed by atoms with Gasteiger partial charge >= 0.3 is 0 Å². The van der Waals surface area contributed by atoms with Crippen LogP contribution in [-0.2, 0) is 6.54 Å². The van der Waals surface area contributed by atoms with E-state index in [0.717, 1.165) is 17.1 Å². The molecule has 0 amide bonds. The van der Waals surface area contributed by atoms with Gasteiger partial charge in [-0.15, -0.1) is 24.0 Å². The number of nitrogens with zero attached hydrogens (tertiary/aromatic N) is 2.